The van der Waals surface area contributed by atoms with Crippen LogP contribution in [-0.4, -0.2) is 81.7 Å². The van der Waals surface area contributed by atoms with Crippen LogP contribution in [0.25, 0.3) is 0 Å². The number of nitrogens with one attached hydrogen (secondary N) is 2. The van der Waals surface area contributed by atoms with Crippen molar-refractivity contribution in [2.45, 2.75) is 38.5 Å². The van der Waals surface area contributed by atoms with E-state index in [-0.39, 0.29) is 37.6 Å². The van der Waals surface area contributed by atoms with Gasteiger partial charge in [-0.15, -0.1) is 13.2 Å². The number of hydrogen-bond acceptors (Lipinski definition) is 8. The number of halogens is 6. The minimum absolute atomic E-state index is 0.0431. The van der Waals surface area contributed by atoms with E-state index in [1.54, 1.807) is 38.4 Å². The number of imide groups is 1. The monoisotopic (exact) mass is 609 g/mol. The van der Waals surface area contributed by atoms with Crippen molar-refractivity contribution in [1.29, 1.82) is 0 Å². The minimum Gasteiger partial charge on any atom is -0.475 e. The number of nitrogens with zero attached hydrogens (tertiary/aromatic N) is 3. The number of carbonyl (C=O) groups is 4. The van der Waals surface area contributed by atoms with Crippen molar-refractivity contribution in [2.75, 3.05) is 29.9 Å². The number of rotatable bonds is 9. The van der Waals surface area contributed by atoms with Crippen molar-refractivity contribution in [3.05, 3.63) is 48.3 Å². The molecule has 1 aliphatic rings. The summed E-state index contributed by atoms with van der Waals surface area (Å²) in [7, 11) is 0. The maximum atomic E-state index is 13.2. The third-order valence-electron chi connectivity index (χ3n) is 5.45. The molecule has 4 amide bonds. The van der Waals surface area contributed by atoms with E-state index in [0.29, 0.717) is 0 Å². The fourth-order valence-corrected chi connectivity index (χ4v) is 3.44. The molecule has 2 heterocycles. The van der Waals surface area contributed by atoms with Crippen LogP contribution in [0.15, 0.2) is 42.7 Å². The van der Waals surface area contributed by atoms with E-state index >= 15 is 0 Å². The molecule has 12 nitrogen and oxygen atoms in total. The van der Waals surface area contributed by atoms with Gasteiger partial charge in [-0.3, -0.25) is 14.6 Å². The quantitative estimate of drug-likeness (QED) is 0.190. The molecule has 2 aromatic rings. The standard InChI is InChI=1S/C22H24F3N5O5.C2HF3O2/c1-21(2)19(33)30(20(34)29(21)13-14-5-7-26-8-6-14)15-3-4-17(35-22(23,24)25)16(11-15)28-18(32)12-27-9-10-31;3-2(4,5)1(6)7/h3-8,11,27,31H,9-10,12-13H2,1-2H3,(H,28,32);(H,6,7). The maximum absolute atomic E-state index is 13.2. The number of anilines is 2. The number of ether oxygens (including phenoxy) is 1. The molecule has 230 valence electrons. The number of aliphatic hydroxyl groups excluding tert-OH is 1. The van der Waals surface area contributed by atoms with Gasteiger partial charge in [-0.1, -0.05) is 0 Å². The number of aliphatic hydroxyl groups is 1. The zero-order valence-corrected chi connectivity index (χ0v) is 21.9. The summed E-state index contributed by atoms with van der Waals surface area (Å²) in [4.78, 5) is 53.6. The van der Waals surface area contributed by atoms with Gasteiger partial charge in [0.1, 0.15) is 5.54 Å². The van der Waals surface area contributed by atoms with Gasteiger partial charge in [-0.05, 0) is 49.7 Å². The van der Waals surface area contributed by atoms with Gasteiger partial charge < -0.3 is 30.5 Å². The Labute approximate surface area is 233 Å². The van der Waals surface area contributed by atoms with Gasteiger partial charge in [0.25, 0.3) is 5.91 Å². The molecule has 0 bridgehead atoms. The van der Waals surface area contributed by atoms with E-state index in [4.69, 9.17) is 15.0 Å². The largest absolute Gasteiger partial charge is 0.573 e. The van der Waals surface area contributed by atoms with Crippen LogP contribution in [0.1, 0.15) is 19.4 Å². The highest BCUT2D eigenvalue weighted by Crippen LogP contribution is 2.38. The maximum Gasteiger partial charge on any atom is 0.573 e. The van der Waals surface area contributed by atoms with E-state index in [2.05, 4.69) is 20.4 Å². The molecule has 0 radical (unpaired) electrons. The van der Waals surface area contributed by atoms with Crippen LogP contribution in [0, 0.1) is 0 Å². The molecule has 3 rings (SSSR count). The molecule has 0 saturated carbocycles. The number of hydrogen-bond donors (Lipinski definition) is 4. The summed E-state index contributed by atoms with van der Waals surface area (Å²) in [6.45, 7) is 2.78. The number of carbonyl (C=O) groups excluding carboxylic acids is 3. The predicted octanol–water partition coefficient (Wildman–Crippen LogP) is 2.88. The Morgan fingerprint density at radius 3 is 2.17 bits per heavy atom. The lowest BCUT2D eigenvalue weighted by molar-refractivity contribution is -0.274. The first-order valence-electron chi connectivity index (χ1n) is 11.7. The van der Waals surface area contributed by atoms with E-state index in [0.717, 1.165) is 28.7 Å². The lowest BCUT2D eigenvalue weighted by atomic mass is 10.0. The van der Waals surface area contributed by atoms with E-state index in [9.17, 15) is 40.7 Å². The third kappa shape index (κ3) is 9.03. The van der Waals surface area contributed by atoms with Crippen LogP contribution in [0.2, 0.25) is 0 Å². The van der Waals surface area contributed by atoms with Crippen molar-refractivity contribution < 1.29 is 60.5 Å². The molecule has 0 aliphatic carbocycles. The molecule has 1 saturated heterocycles. The highest BCUT2D eigenvalue weighted by molar-refractivity contribution is 6.23. The smallest absolute Gasteiger partial charge is 0.475 e. The molecule has 1 fully saturated rings. The molecule has 42 heavy (non-hydrogen) atoms. The Balaban J connectivity index is 0.000000782. The first-order chi connectivity index (χ1) is 19.4. The van der Waals surface area contributed by atoms with Gasteiger partial charge in [0.15, 0.2) is 5.75 Å². The number of aromatic nitrogens is 1. The number of amides is 4. The number of alkyl halides is 6. The van der Waals surface area contributed by atoms with Gasteiger partial charge >= 0.3 is 24.5 Å². The van der Waals surface area contributed by atoms with Gasteiger partial charge in [-0.25, -0.2) is 14.5 Å². The molecule has 1 aromatic heterocycles. The second-order valence-electron chi connectivity index (χ2n) is 8.90. The van der Waals surface area contributed by atoms with E-state index < -0.39 is 47.6 Å². The fourth-order valence-electron chi connectivity index (χ4n) is 3.44. The summed E-state index contributed by atoms with van der Waals surface area (Å²) in [5.74, 6) is -4.79. The highest BCUT2D eigenvalue weighted by Gasteiger charge is 2.52. The normalized spacial score (nSPS) is 14.8. The molecular formula is C24H25F6N5O7. The minimum atomic E-state index is -5.08. The average Bonchev–Trinajstić information content (AvgIpc) is 3.04. The van der Waals surface area contributed by atoms with Gasteiger partial charge in [0, 0.05) is 25.5 Å². The molecular weight excluding hydrogens is 584 g/mol. The Morgan fingerprint density at radius 1 is 1.05 bits per heavy atom. The van der Waals surface area contributed by atoms with Crippen LogP contribution in [-0.2, 0) is 20.9 Å². The molecule has 4 N–H and O–H groups in total. The average molecular weight is 609 g/mol. The van der Waals surface area contributed by atoms with Gasteiger partial charge in [0.2, 0.25) is 5.91 Å². The van der Waals surface area contributed by atoms with Crippen molar-refractivity contribution in [3.8, 4) is 5.75 Å². The number of pyridine rings is 1. The molecule has 18 heteroatoms. The first kappa shape index (κ1) is 33.8. The van der Waals surface area contributed by atoms with Gasteiger partial charge in [-0.2, -0.15) is 13.2 Å². The van der Waals surface area contributed by atoms with Crippen LogP contribution >= 0.6 is 0 Å². The number of aliphatic carboxylic acids is 1. The van der Waals surface area contributed by atoms with Crippen molar-refractivity contribution in [1.82, 2.24) is 15.2 Å². The Morgan fingerprint density at radius 2 is 1.64 bits per heavy atom. The predicted molar refractivity (Wildman–Crippen MR) is 132 cm³/mol. The van der Waals surface area contributed by atoms with Crippen LogP contribution in [0.5, 0.6) is 5.75 Å². The lowest BCUT2D eigenvalue weighted by Gasteiger charge is -2.27. The van der Waals surface area contributed by atoms with Crippen LogP contribution in [0.3, 0.4) is 0 Å². The number of carboxylic acid groups (broad SMARTS) is 1. The summed E-state index contributed by atoms with van der Waals surface area (Å²) in [6, 6.07) is 5.81. The zero-order chi connectivity index (χ0) is 31.9. The number of carboxylic acids is 1. The number of urea groups is 1. The van der Waals surface area contributed by atoms with Crippen LogP contribution in [0.4, 0.5) is 42.5 Å². The molecule has 0 atom stereocenters. The summed E-state index contributed by atoms with van der Waals surface area (Å²) in [6.07, 6.45) is -7.03. The van der Waals surface area contributed by atoms with Crippen LogP contribution < -0.4 is 20.3 Å². The first-order valence-corrected chi connectivity index (χ1v) is 11.7. The van der Waals surface area contributed by atoms with E-state index in [1.165, 1.54) is 4.90 Å². The van der Waals surface area contributed by atoms with Crippen molar-refractivity contribution >= 4 is 35.2 Å². The summed E-state index contributed by atoms with van der Waals surface area (Å²) in [5.41, 5.74) is -0.951. The summed E-state index contributed by atoms with van der Waals surface area (Å²) >= 11 is 0. The molecule has 0 unspecified atom stereocenters. The summed E-state index contributed by atoms with van der Waals surface area (Å²) in [5, 5.41) is 20.8. The van der Waals surface area contributed by atoms with E-state index in [1.807, 2.05) is 0 Å². The topological polar surface area (TPSA) is 161 Å². The Bertz CT molecular complexity index is 1290. The molecule has 1 aliphatic heterocycles. The Hall–Kier alpha value is -4.45. The highest BCUT2D eigenvalue weighted by atomic mass is 19.4. The van der Waals surface area contributed by atoms with Crippen molar-refractivity contribution in [3.63, 3.8) is 0 Å². The summed E-state index contributed by atoms with van der Waals surface area (Å²) < 4.78 is 74.4. The number of benzene rings is 1. The second kappa shape index (κ2) is 13.5. The van der Waals surface area contributed by atoms with Crippen molar-refractivity contribution in [2.24, 2.45) is 0 Å². The SMILES string of the molecule is CC1(C)C(=O)N(c2ccc(OC(F)(F)F)c(NC(=O)CNCCO)c2)C(=O)N1Cc1ccncc1.O=C(O)C(F)(F)F. The zero-order valence-electron chi connectivity index (χ0n) is 21.9. The Kier molecular flexibility index (Phi) is 10.8. The lowest BCUT2D eigenvalue weighted by Crippen LogP contribution is -2.43. The fraction of sp³-hybridized carbons (Fsp3) is 0.375. The second-order valence-corrected chi connectivity index (χ2v) is 8.90. The molecule has 0 spiro atoms. The van der Waals surface area contributed by atoms with Gasteiger partial charge in [0.05, 0.1) is 24.5 Å². The third-order valence-corrected chi connectivity index (χ3v) is 5.45. The molecule has 1 aromatic carbocycles.